The van der Waals surface area contributed by atoms with E-state index < -0.39 is 12.1 Å². The average Bonchev–Trinajstić information content (AvgIpc) is 2.87. The van der Waals surface area contributed by atoms with Crippen LogP contribution in [-0.4, -0.2) is 10.9 Å². The highest BCUT2D eigenvalue weighted by Gasteiger charge is 2.20. The topological polar surface area (TPSA) is 42.0 Å². The van der Waals surface area contributed by atoms with E-state index in [0.29, 0.717) is 16.6 Å². The van der Waals surface area contributed by atoms with Gasteiger partial charge in [-0.3, -0.25) is 10.1 Å². The van der Waals surface area contributed by atoms with Gasteiger partial charge in [0.2, 0.25) is 6.17 Å². The van der Waals surface area contributed by atoms with Gasteiger partial charge in [0, 0.05) is 11.1 Å². The second kappa shape index (κ2) is 5.93. The fourth-order valence-corrected chi connectivity index (χ4v) is 2.37. The van der Waals surface area contributed by atoms with Gasteiger partial charge in [0.1, 0.15) is 0 Å². The van der Waals surface area contributed by atoms with Crippen molar-refractivity contribution in [3.8, 4) is 0 Å². The Bertz CT molecular complexity index is 554. The maximum atomic E-state index is 13.9. The van der Waals surface area contributed by atoms with Gasteiger partial charge >= 0.3 is 0 Å². The van der Waals surface area contributed by atoms with Gasteiger partial charge in [0.15, 0.2) is 5.13 Å². The van der Waals surface area contributed by atoms with Crippen molar-refractivity contribution in [2.24, 2.45) is 0 Å². The molecule has 1 heterocycles. The van der Waals surface area contributed by atoms with E-state index in [9.17, 15) is 9.18 Å². The first-order valence-electron chi connectivity index (χ1n) is 6.03. The van der Waals surface area contributed by atoms with Crippen LogP contribution in [0.25, 0.3) is 0 Å². The first-order valence-corrected chi connectivity index (χ1v) is 6.85. The summed E-state index contributed by atoms with van der Waals surface area (Å²) < 4.78 is 13.9. The molecule has 0 bridgehead atoms. The molecule has 0 aliphatic heterocycles. The SMILES string of the molecule is CC(C)c1cnc(NC(=O)[C@@H](F)c2ccccc2)s1. The number of nitrogens with one attached hydrogen (secondary N) is 1. The van der Waals surface area contributed by atoms with Crippen LogP contribution in [0.4, 0.5) is 9.52 Å². The Morgan fingerprint density at radius 2 is 2.00 bits per heavy atom. The number of aromatic nitrogens is 1. The Kier molecular flexibility index (Phi) is 4.27. The highest BCUT2D eigenvalue weighted by molar-refractivity contribution is 7.15. The number of carbonyl (C=O) groups is 1. The molecule has 2 rings (SSSR count). The molecular weight excluding hydrogens is 263 g/mol. The standard InChI is InChI=1S/C14H15FN2OS/c1-9(2)11-8-16-14(19-11)17-13(18)12(15)10-6-4-3-5-7-10/h3-9,12H,1-2H3,(H,16,17,18)/t12-/m0/s1. The van der Waals surface area contributed by atoms with Crippen molar-refractivity contribution in [1.82, 2.24) is 4.98 Å². The van der Waals surface area contributed by atoms with Crippen molar-refractivity contribution in [3.05, 3.63) is 47.0 Å². The summed E-state index contributed by atoms with van der Waals surface area (Å²) in [5.74, 6) is -0.339. The average molecular weight is 278 g/mol. The summed E-state index contributed by atoms with van der Waals surface area (Å²) in [4.78, 5) is 16.9. The lowest BCUT2D eigenvalue weighted by Gasteiger charge is -2.07. The second-order valence-corrected chi connectivity index (χ2v) is 5.55. The fourth-order valence-electron chi connectivity index (χ4n) is 1.55. The molecule has 0 aliphatic rings. The van der Waals surface area contributed by atoms with E-state index >= 15 is 0 Å². The van der Waals surface area contributed by atoms with E-state index in [4.69, 9.17) is 0 Å². The fraction of sp³-hybridized carbons (Fsp3) is 0.286. The third kappa shape index (κ3) is 3.38. The highest BCUT2D eigenvalue weighted by atomic mass is 32.1. The lowest BCUT2D eigenvalue weighted by atomic mass is 10.1. The molecule has 1 aromatic heterocycles. The van der Waals surface area contributed by atoms with E-state index in [0.717, 1.165) is 4.88 Å². The van der Waals surface area contributed by atoms with Crippen LogP contribution in [0, 0.1) is 0 Å². The Morgan fingerprint density at radius 3 is 2.58 bits per heavy atom. The van der Waals surface area contributed by atoms with Crippen molar-refractivity contribution >= 4 is 22.4 Å². The van der Waals surface area contributed by atoms with E-state index in [2.05, 4.69) is 10.3 Å². The zero-order chi connectivity index (χ0) is 13.8. The van der Waals surface area contributed by atoms with Crippen molar-refractivity contribution < 1.29 is 9.18 Å². The summed E-state index contributed by atoms with van der Waals surface area (Å²) in [6.45, 7) is 4.09. The van der Waals surface area contributed by atoms with Crippen molar-refractivity contribution in [2.75, 3.05) is 5.32 Å². The van der Waals surface area contributed by atoms with Crippen LogP contribution in [0.15, 0.2) is 36.5 Å². The number of thiazole rings is 1. The first kappa shape index (κ1) is 13.7. The van der Waals surface area contributed by atoms with Gasteiger partial charge in [0.05, 0.1) is 0 Å². The predicted molar refractivity (Wildman–Crippen MR) is 75.1 cm³/mol. The molecule has 0 aliphatic carbocycles. The predicted octanol–water partition coefficient (Wildman–Crippen LogP) is 3.92. The summed E-state index contributed by atoms with van der Waals surface area (Å²) in [5, 5.41) is 2.95. The Morgan fingerprint density at radius 1 is 1.32 bits per heavy atom. The van der Waals surface area contributed by atoms with Gasteiger partial charge in [0.25, 0.3) is 5.91 Å². The van der Waals surface area contributed by atoms with Crippen molar-refractivity contribution in [2.45, 2.75) is 25.9 Å². The molecule has 0 radical (unpaired) electrons. The van der Waals surface area contributed by atoms with Gasteiger partial charge in [-0.25, -0.2) is 9.37 Å². The quantitative estimate of drug-likeness (QED) is 0.921. The molecule has 0 fully saturated rings. The maximum Gasteiger partial charge on any atom is 0.265 e. The number of nitrogens with zero attached hydrogens (tertiary/aromatic N) is 1. The minimum Gasteiger partial charge on any atom is -0.299 e. The molecule has 5 heteroatoms. The van der Waals surface area contributed by atoms with Crippen molar-refractivity contribution in [1.29, 1.82) is 0 Å². The second-order valence-electron chi connectivity index (χ2n) is 4.48. The molecule has 0 unspecified atom stereocenters. The van der Waals surface area contributed by atoms with Gasteiger partial charge < -0.3 is 0 Å². The van der Waals surface area contributed by atoms with Crippen LogP contribution in [0.5, 0.6) is 0 Å². The summed E-state index contributed by atoms with van der Waals surface area (Å²) in [6, 6.07) is 8.37. The van der Waals surface area contributed by atoms with Gasteiger partial charge in [-0.15, -0.1) is 11.3 Å². The van der Waals surface area contributed by atoms with E-state index in [1.54, 1.807) is 36.5 Å². The number of hydrogen-bond donors (Lipinski definition) is 1. The molecule has 1 N–H and O–H groups in total. The van der Waals surface area contributed by atoms with Crippen molar-refractivity contribution in [3.63, 3.8) is 0 Å². The largest absolute Gasteiger partial charge is 0.299 e. The Hall–Kier alpha value is -1.75. The molecule has 1 aromatic carbocycles. The number of alkyl halides is 1. The number of carbonyl (C=O) groups excluding carboxylic acids is 1. The summed E-state index contributed by atoms with van der Waals surface area (Å²) in [6.07, 6.45) is 0.0355. The maximum absolute atomic E-state index is 13.9. The van der Waals surface area contributed by atoms with Crippen LogP contribution < -0.4 is 5.32 Å². The smallest absolute Gasteiger partial charge is 0.265 e. The summed E-state index contributed by atoms with van der Waals surface area (Å²) in [7, 11) is 0. The zero-order valence-electron chi connectivity index (χ0n) is 10.8. The Balaban J connectivity index is 2.04. The molecule has 1 amide bonds. The van der Waals surface area contributed by atoms with Crippen LogP contribution in [-0.2, 0) is 4.79 Å². The minimum absolute atomic E-state index is 0.346. The lowest BCUT2D eigenvalue weighted by molar-refractivity contribution is -0.121. The third-order valence-corrected chi connectivity index (χ3v) is 3.86. The summed E-state index contributed by atoms with van der Waals surface area (Å²) >= 11 is 1.37. The zero-order valence-corrected chi connectivity index (χ0v) is 11.6. The molecule has 19 heavy (non-hydrogen) atoms. The molecule has 0 spiro atoms. The molecule has 0 saturated carbocycles. The number of benzene rings is 1. The van der Waals surface area contributed by atoms with E-state index in [-0.39, 0.29) is 0 Å². The van der Waals surface area contributed by atoms with E-state index in [1.807, 2.05) is 13.8 Å². The molecular formula is C14H15FN2OS. The molecule has 100 valence electrons. The summed E-state index contributed by atoms with van der Waals surface area (Å²) in [5.41, 5.74) is 0.348. The number of amides is 1. The van der Waals surface area contributed by atoms with Crippen LogP contribution in [0.1, 0.15) is 36.4 Å². The molecule has 2 aromatic rings. The number of halogens is 1. The molecule has 1 atom stereocenters. The normalized spacial score (nSPS) is 12.4. The van der Waals surface area contributed by atoms with Crippen LogP contribution >= 0.6 is 11.3 Å². The molecule has 0 saturated heterocycles. The number of hydrogen-bond acceptors (Lipinski definition) is 3. The lowest BCUT2D eigenvalue weighted by Crippen LogP contribution is -2.17. The first-order chi connectivity index (χ1) is 9.08. The highest BCUT2D eigenvalue weighted by Crippen LogP contribution is 2.26. The van der Waals surface area contributed by atoms with E-state index in [1.165, 1.54) is 11.3 Å². The molecule has 3 nitrogen and oxygen atoms in total. The van der Waals surface area contributed by atoms with Gasteiger partial charge in [-0.2, -0.15) is 0 Å². The van der Waals surface area contributed by atoms with Crippen LogP contribution in [0.2, 0.25) is 0 Å². The van der Waals surface area contributed by atoms with Gasteiger partial charge in [-0.1, -0.05) is 44.2 Å². The number of anilines is 1. The van der Waals surface area contributed by atoms with Crippen LogP contribution in [0.3, 0.4) is 0 Å². The minimum atomic E-state index is -1.67. The number of rotatable bonds is 4. The monoisotopic (exact) mass is 278 g/mol. The Labute approximate surface area is 115 Å². The third-order valence-electron chi connectivity index (χ3n) is 2.65. The van der Waals surface area contributed by atoms with Gasteiger partial charge in [-0.05, 0) is 11.5 Å².